The molecule has 0 unspecified atom stereocenters. The molecule has 0 aromatic heterocycles. The van der Waals surface area contributed by atoms with Gasteiger partial charge in [0.25, 0.3) is 0 Å². The molecule has 1 heterocycles. The largest absolute Gasteiger partial charge is 0.353 e. The van der Waals surface area contributed by atoms with Crippen LogP contribution < -0.4 is 5.32 Å². The van der Waals surface area contributed by atoms with Gasteiger partial charge < -0.3 is 5.32 Å². The fourth-order valence-electron chi connectivity index (χ4n) is 3.64. The van der Waals surface area contributed by atoms with Gasteiger partial charge in [0.15, 0.2) is 0 Å². The van der Waals surface area contributed by atoms with Crippen molar-refractivity contribution in [2.75, 3.05) is 13.1 Å². The molecule has 1 saturated heterocycles. The van der Waals surface area contributed by atoms with Gasteiger partial charge in [-0.2, -0.15) is 0 Å². The molecule has 120 valence electrons. The van der Waals surface area contributed by atoms with E-state index in [4.69, 9.17) is 0 Å². The van der Waals surface area contributed by atoms with Gasteiger partial charge in [-0.15, -0.1) is 0 Å². The Morgan fingerprint density at radius 3 is 2.59 bits per heavy atom. The molecular weight excluding hydrogens is 340 g/mol. The molecule has 3 rings (SSSR count). The van der Waals surface area contributed by atoms with Gasteiger partial charge in [-0.05, 0) is 56.5 Å². The predicted molar refractivity (Wildman–Crippen MR) is 92.5 cm³/mol. The first-order valence-electron chi connectivity index (χ1n) is 8.48. The van der Waals surface area contributed by atoms with Crippen molar-refractivity contribution >= 4 is 21.8 Å². The average Bonchev–Trinajstić information content (AvgIpc) is 3.01. The van der Waals surface area contributed by atoms with E-state index in [1.54, 1.807) is 0 Å². The number of hydrogen-bond acceptors (Lipinski definition) is 2. The first-order chi connectivity index (χ1) is 10.7. The van der Waals surface area contributed by atoms with Crippen LogP contribution in [0.25, 0.3) is 0 Å². The third-order valence-electron chi connectivity index (χ3n) is 4.96. The molecule has 1 aromatic carbocycles. The SMILES string of the molecule is O=C(NC1CCCC1)C1CCN(Cc2cccc(Br)c2)CC1. The number of hydrogen-bond donors (Lipinski definition) is 1. The molecule has 2 fully saturated rings. The molecule has 1 N–H and O–H groups in total. The van der Waals surface area contributed by atoms with Crippen molar-refractivity contribution in [3.63, 3.8) is 0 Å². The zero-order valence-corrected chi connectivity index (χ0v) is 14.6. The highest BCUT2D eigenvalue weighted by Crippen LogP contribution is 2.22. The van der Waals surface area contributed by atoms with Crippen molar-refractivity contribution in [3.05, 3.63) is 34.3 Å². The monoisotopic (exact) mass is 364 g/mol. The summed E-state index contributed by atoms with van der Waals surface area (Å²) in [6.07, 6.45) is 6.88. The molecule has 1 aliphatic carbocycles. The van der Waals surface area contributed by atoms with E-state index >= 15 is 0 Å². The van der Waals surface area contributed by atoms with Crippen LogP contribution in [-0.2, 0) is 11.3 Å². The highest BCUT2D eigenvalue weighted by Gasteiger charge is 2.27. The lowest BCUT2D eigenvalue weighted by Crippen LogP contribution is -2.42. The van der Waals surface area contributed by atoms with Crippen LogP contribution in [0.3, 0.4) is 0 Å². The molecule has 0 atom stereocenters. The van der Waals surface area contributed by atoms with Crippen LogP contribution in [0.1, 0.15) is 44.1 Å². The first-order valence-corrected chi connectivity index (χ1v) is 9.27. The van der Waals surface area contributed by atoms with Gasteiger partial charge >= 0.3 is 0 Å². The van der Waals surface area contributed by atoms with Crippen LogP contribution in [0, 0.1) is 5.92 Å². The average molecular weight is 365 g/mol. The molecule has 1 amide bonds. The van der Waals surface area contributed by atoms with E-state index in [1.165, 1.54) is 31.2 Å². The topological polar surface area (TPSA) is 32.3 Å². The fraction of sp³-hybridized carbons (Fsp3) is 0.611. The van der Waals surface area contributed by atoms with Gasteiger partial charge in [-0.25, -0.2) is 0 Å². The number of halogens is 1. The summed E-state index contributed by atoms with van der Waals surface area (Å²) in [6, 6.07) is 8.94. The van der Waals surface area contributed by atoms with Crippen LogP contribution in [-0.4, -0.2) is 29.9 Å². The molecule has 1 aromatic rings. The van der Waals surface area contributed by atoms with Gasteiger partial charge in [0.2, 0.25) is 5.91 Å². The Hall–Kier alpha value is -0.870. The Morgan fingerprint density at radius 2 is 1.91 bits per heavy atom. The molecule has 3 nitrogen and oxygen atoms in total. The van der Waals surface area contributed by atoms with E-state index in [9.17, 15) is 4.79 Å². The first kappa shape index (κ1) is 16.0. The summed E-state index contributed by atoms with van der Waals surface area (Å²) < 4.78 is 1.14. The van der Waals surface area contributed by atoms with E-state index in [0.29, 0.717) is 11.9 Å². The van der Waals surface area contributed by atoms with E-state index in [2.05, 4.69) is 50.4 Å². The zero-order valence-electron chi connectivity index (χ0n) is 13.1. The molecule has 0 bridgehead atoms. The summed E-state index contributed by atoms with van der Waals surface area (Å²) >= 11 is 3.53. The third kappa shape index (κ3) is 4.32. The van der Waals surface area contributed by atoms with Crippen molar-refractivity contribution in [2.24, 2.45) is 5.92 Å². The zero-order chi connectivity index (χ0) is 15.4. The molecule has 0 radical (unpaired) electrons. The van der Waals surface area contributed by atoms with E-state index in [1.807, 2.05) is 0 Å². The van der Waals surface area contributed by atoms with Crippen LogP contribution in [0.2, 0.25) is 0 Å². The minimum Gasteiger partial charge on any atom is -0.353 e. The molecule has 22 heavy (non-hydrogen) atoms. The standard InChI is InChI=1S/C18H25BrN2O/c19-16-5-3-4-14(12-16)13-21-10-8-15(9-11-21)18(22)20-17-6-1-2-7-17/h3-5,12,15,17H,1-2,6-11,13H2,(H,20,22). The van der Waals surface area contributed by atoms with Gasteiger partial charge in [-0.3, -0.25) is 9.69 Å². The Bertz CT molecular complexity index is 506. The normalized spacial score (nSPS) is 21.1. The third-order valence-corrected chi connectivity index (χ3v) is 5.45. The van der Waals surface area contributed by atoms with Gasteiger partial charge in [-0.1, -0.05) is 40.9 Å². The Kier molecular flexibility index (Phi) is 5.53. The molecule has 2 aliphatic rings. The van der Waals surface area contributed by atoms with Crippen LogP contribution >= 0.6 is 15.9 Å². The number of amides is 1. The van der Waals surface area contributed by atoms with Crippen molar-refractivity contribution in [1.82, 2.24) is 10.2 Å². The van der Waals surface area contributed by atoms with Crippen LogP contribution in [0.4, 0.5) is 0 Å². The van der Waals surface area contributed by atoms with Crippen LogP contribution in [0.5, 0.6) is 0 Å². The number of nitrogens with zero attached hydrogens (tertiary/aromatic N) is 1. The van der Waals surface area contributed by atoms with E-state index in [0.717, 1.165) is 36.9 Å². The summed E-state index contributed by atoms with van der Waals surface area (Å²) in [4.78, 5) is 14.8. The maximum Gasteiger partial charge on any atom is 0.223 e. The highest BCUT2D eigenvalue weighted by molar-refractivity contribution is 9.10. The second-order valence-electron chi connectivity index (χ2n) is 6.67. The molecule has 4 heteroatoms. The number of carbonyl (C=O) groups is 1. The molecule has 1 saturated carbocycles. The Balaban J connectivity index is 1.44. The number of nitrogens with one attached hydrogen (secondary N) is 1. The summed E-state index contributed by atoms with van der Waals surface area (Å²) in [5.74, 6) is 0.522. The number of piperidine rings is 1. The number of benzene rings is 1. The minimum absolute atomic E-state index is 0.222. The van der Waals surface area contributed by atoms with E-state index in [-0.39, 0.29) is 5.92 Å². The molecular formula is C18H25BrN2O. The van der Waals surface area contributed by atoms with Crippen LogP contribution in [0.15, 0.2) is 28.7 Å². The predicted octanol–water partition coefficient (Wildman–Crippen LogP) is 3.72. The van der Waals surface area contributed by atoms with Crippen molar-refractivity contribution in [2.45, 2.75) is 51.1 Å². The number of rotatable bonds is 4. The summed E-state index contributed by atoms with van der Waals surface area (Å²) in [6.45, 7) is 3.03. The summed E-state index contributed by atoms with van der Waals surface area (Å²) in [5, 5.41) is 3.26. The molecule has 0 spiro atoms. The van der Waals surface area contributed by atoms with Gasteiger partial charge in [0.1, 0.15) is 0 Å². The smallest absolute Gasteiger partial charge is 0.223 e. The Morgan fingerprint density at radius 1 is 1.18 bits per heavy atom. The Labute approximate surface area is 141 Å². The lowest BCUT2D eigenvalue weighted by molar-refractivity contribution is -0.127. The second kappa shape index (κ2) is 7.60. The minimum atomic E-state index is 0.222. The van der Waals surface area contributed by atoms with Crippen molar-refractivity contribution in [1.29, 1.82) is 0 Å². The van der Waals surface area contributed by atoms with Gasteiger partial charge in [0.05, 0.1) is 0 Å². The van der Waals surface area contributed by atoms with Gasteiger partial charge in [0, 0.05) is 23.0 Å². The number of likely N-dealkylation sites (tertiary alicyclic amines) is 1. The quantitative estimate of drug-likeness (QED) is 0.882. The fourth-order valence-corrected chi connectivity index (χ4v) is 4.08. The van der Waals surface area contributed by atoms with Crippen molar-refractivity contribution < 1.29 is 4.79 Å². The molecule has 1 aliphatic heterocycles. The maximum atomic E-state index is 12.3. The summed E-state index contributed by atoms with van der Waals surface area (Å²) in [7, 11) is 0. The summed E-state index contributed by atoms with van der Waals surface area (Å²) in [5.41, 5.74) is 1.34. The van der Waals surface area contributed by atoms with Crippen molar-refractivity contribution in [3.8, 4) is 0 Å². The second-order valence-corrected chi connectivity index (χ2v) is 7.59. The lowest BCUT2D eigenvalue weighted by Gasteiger charge is -2.31. The van der Waals surface area contributed by atoms with E-state index < -0.39 is 0 Å². The maximum absolute atomic E-state index is 12.3. The highest BCUT2D eigenvalue weighted by atomic mass is 79.9. The lowest BCUT2D eigenvalue weighted by atomic mass is 9.95. The number of carbonyl (C=O) groups excluding carboxylic acids is 1.